The molecule has 1 N–H and O–H groups in total. The Morgan fingerprint density at radius 3 is 2.65 bits per heavy atom. The van der Waals surface area contributed by atoms with Gasteiger partial charge in [-0.1, -0.05) is 19.1 Å². The Bertz CT molecular complexity index is 338. The number of nitrogens with one attached hydrogen (secondary N) is 1. The van der Waals surface area contributed by atoms with Gasteiger partial charge in [-0.3, -0.25) is 4.79 Å². The highest BCUT2D eigenvalue weighted by Gasteiger charge is 2.01. The SMILES string of the molecule is CCNCc1ccc(SCCC(=O)OC)cc1. The van der Waals surface area contributed by atoms with Gasteiger partial charge in [0.05, 0.1) is 13.5 Å². The first-order valence-corrected chi connectivity index (χ1v) is 6.74. The van der Waals surface area contributed by atoms with E-state index >= 15 is 0 Å². The number of thioether (sulfide) groups is 1. The van der Waals surface area contributed by atoms with Crippen LogP contribution in [0.5, 0.6) is 0 Å². The van der Waals surface area contributed by atoms with E-state index in [1.54, 1.807) is 11.8 Å². The third-order valence-electron chi connectivity index (χ3n) is 2.31. The first-order valence-electron chi connectivity index (χ1n) is 5.75. The second-order valence-electron chi connectivity index (χ2n) is 3.60. The van der Waals surface area contributed by atoms with Crippen molar-refractivity contribution >= 4 is 17.7 Å². The van der Waals surface area contributed by atoms with Gasteiger partial charge in [-0.05, 0) is 24.2 Å². The summed E-state index contributed by atoms with van der Waals surface area (Å²) in [6.45, 7) is 3.98. The third kappa shape index (κ3) is 5.75. The Morgan fingerprint density at radius 1 is 1.35 bits per heavy atom. The summed E-state index contributed by atoms with van der Waals surface area (Å²) in [5.74, 6) is 0.612. The molecule has 0 aliphatic heterocycles. The van der Waals surface area contributed by atoms with Crippen LogP contribution in [0.4, 0.5) is 0 Å². The van der Waals surface area contributed by atoms with Gasteiger partial charge in [-0.15, -0.1) is 11.8 Å². The summed E-state index contributed by atoms with van der Waals surface area (Å²) in [5, 5.41) is 3.28. The van der Waals surface area contributed by atoms with Crippen LogP contribution in [0.15, 0.2) is 29.2 Å². The Morgan fingerprint density at radius 2 is 2.06 bits per heavy atom. The summed E-state index contributed by atoms with van der Waals surface area (Å²) < 4.78 is 4.59. The molecule has 0 spiro atoms. The summed E-state index contributed by atoms with van der Waals surface area (Å²) in [4.78, 5) is 12.1. The molecular formula is C13H19NO2S. The minimum atomic E-state index is -0.152. The number of rotatable bonds is 7. The van der Waals surface area contributed by atoms with Crippen LogP contribution >= 0.6 is 11.8 Å². The molecule has 1 aromatic rings. The van der Waals surface area contributed by atoms with Gasteiger partial charge in [-0.2, -0.15) is 0 Å². The molecule has 0 aliphatic carbocycles. The summed E-state index contributed by atoms with van der Waals surface area (Å²) >= 11 is 1.68. The van der Waals surface area contributed by atoms with Crippen molar-refractivity contribution in [3.8, 4) is 0 Å². The van der Waals surface area contributed by atoms with E-state index in [4.69, 9.17) is 0 Å². The highest BCUT2D eigenvalue weighted by atomic mass is 32.2. The van der Waals surface area contributed by atoms with E-state index < -0.39 is 0 Å². The molecule has 1 aromatic carbocycles. The fourth-order valence-corrected chi connectivity index (χ4v) is 2.16. The van der Waals surface area contributed by atoms with Crippen LogP contribution in [0.1, 0.15) is 18.9 Å². The topological polar surface area (TPSA) is 38.3 Å². The van der Waals surface area contributed by atoms with Gasteiger partial charge in [0, 0.05) is 17.2 Å². The minimum absolute atomic E-state index is 0.152. The minimum Gasteiger partial charge on any atom is -0.469 e. The molecule has 0 saturated carbocycles. The van der Waals surface area contributed by atoms with E-state index in [9.17, 15) is 4.79 Å². The number of carbonyl (C=O) groups excluding carboxylic acids is 1. The third-order valence-corrected chi connectivity index (χ3v) is 3.32. The van der Waals surface area contributed by atoms with E-state index in [1.165, 1.54) is 17.6 Å². The fraction of sp³-hybridized carbons (Fsp3) is 0.462. The Balaban J connectivity index is 2.32. The predicted molar refractivity (Wildman–Crippen MR) is 71.2 cm³/mol. The molecule has 0 saturated heterocycles. The molecule has 4 heteroatoms. The predicted octanol–water partition coefficient (Wildman–Crippen LogP) is 2.45. The smallest absolute Gasteiger partial charge is 0.306 e. The average molecular weight is 253 g/mol. The molecule has 0 bridgehead atoms. The van der Waals surface area contributed by atoms with Gasteiger partial charge in [-0.25, -0.2) is 0 Å². The zero-order valence-corrected chi connectivity index (χ0v) is 11.2. The van der Waals surface area contributed by atoms with Gasteiger partial charge in [0.2, 0.25) is 0 Å². The van der Waals surface area contributed by atoms with Crippen molar-refractivity contribution in [3.63, 3.8) is 0 Å². The lowest BCUT2D eigenvalue weighted by molar-refractivity contribution is -0.140. The van der Waals surface area contributed by atoms with Crippen LogP contribution < -0.4 is 5.32 Å². The lowest BCUT2D eigenvalue weighted by Gasteiger charge is -2.04. The van der Waals surface area contributed by atoms with Gasteiger partial charge in [0.25, 0.3) is 0 Å². The van der Waals surface area contributed by atoms with Crippen molar-refractivity contribution in [1.29, 1.82) is 0 Å². The van der Waals surface area contributed by atoms with Crippen molar-refractivity contribution < 1.29 is 9.53 Å². The van der Waals surface area contributed by atoms with Crippen LogP contribution in [-0.2, 0) is 16.1 Å². The van der Waals surface area contributed by atoms with Crippen molar-refractivity contribution in [2.45, 2.75) is 24.8 Å². The Hall–Kier alpha value is -1.00. The van der Waals surface area contributed by atoms with Crippen LogP contribution in [0.3, 0.4) is 0 Å². The standard InChI is InChI=1S/C13H19NO2S/c1-3-14-10-11-4-6-12(7-5-11)17-9-8-13(15)16-2/h4-7,14H,3,8-10H2,1-2H3. The maximum absolute atomic E-state index is 10.9. The number of esters is 1. The zero-order valence-electron chi connectivity index (χ0n) is 10.4. The normalized spacial score (nSPS) is 10.2. The van der Waals surface area contributed by atoms with Gasteiger partial charge in [0.15, 0.2) is 0 Å². The second kappa shape index (κ2) is 8.14. The van der Waals surface area contributed by atoms with Crippen molar-refractivity contribution in [1.82, 2.24) is 5.32 Å². The number of benzene rings is 1. The molecule has 0 atom stereocenters. The summed E-state index contributed by atoms with van der Waals surface area (Å²) in [7, 11) is 1.42. The summed E-state index contributed by atoms with van der Waals surface area (Å²) in [5.41, 5.74) is 1.28. The quantitative estimate of drug-likeness (QED) is 0.598. The van der Waals surface area contributed by atoms with E-state index in [0.29, 0.717) is 6.42 Å². The maximum Gasteiger partial charge on any atom is 0.306 e. The Kier molecular flexibility index (Phi) is 6.74. The largest absolute Gasteiger partial charge is 0.469 e. The average Bonchev–Trinajstić information content (AvgIpc) is 2.37. The molecule has 0 amide bonds. The second-order valence-corrected chi connectivity index (χ2v) is 4.77. The molecule has 17 heavy (non-hydrogen) atoms. The Labute approximate surface area is 107 Å². The van der Waals surface area contributed by atoms with Crippen LogP contribution in [0.2, 0.25) is 0 Å². The number of ether oxygens (including phenoxy) is 1. The highest BCUT2D eigenvalue weighted by Crippen LogP contribution is 2.19. The zero-order chi connectivity index (χ0) is 12.5. The van der Waals surface area contributed by atoms with E-state index in [-0.39, 0.29) is 5.97 Å². The fourth-order valence-electron chi connectivity index (χ4n) is 1.33. The maximum atomic E-state index is 10.9. The van der Waals surface area contributed by atoms with Crippen molar-refractivity contribution in [3.05, 3.63) is 29.8 Å². The first-order chi connectivity index (χ1) is 8.26. The molecule has 0 unspecified atom stereocenters. The number of carbonyl (C=O) groups is 1. The van der Waals surface area contributed by atoms with Gasteiger partial charge in [0.1, 0.15) is 0 Å². The summed E-state index contributed by atoms with van der Waals surface area (Å²) in [6, 6.07) is 8.41. The number of hydrogen-bond acceptors (Lipinski definition) is 4. The molecule has 0 heterocycles. The molecule has 94 valence electrons. The number of hydrogen-bond donors (Lipinski definition) is 1. The van der Waals surface area contributed by atoms with Crippen LogP contribution in [-0.4, -0.2) is 25.4 Å². The molecule has 0 radical (unpaired) electrons. The molecule has 0 aromatic heterocycles. The van der Waals surface area contributed by atoms with Crippen LogP contribution in [0, 0.1) is 0 Å². The lowest BCUT2D eigenvalue weighted by Crippen LogP contribution is -2.11. The lowest BCUT2D eigenvalue weighted by atomic mass is 10.2. The first kappa shape index (κ1) is 14.1. The molecule has 3 nitrogen and oxygen atoms in total. The van der Waals surface area contributed by atoms with E-state index in [0.717, 1.165) is 18.8 Å². The van der Waals surface area contributed by atoms with Crippen LogP contribution in [0.25, 0.3) is 0 Å². The molecule has 0 aliphatic rings. The van der Waals surface area contributed by atoms with Crippen molar-refractivity contribution in [2.24, 2.45) is 0 Å². The number of methoxy groups -OCH3 is 1. The van der Waals surface area contributed by atoms with E-state index in [2.05, 4.69) is 41.2 Å². The summed E-state index contributed by atoms with van der Waals surface area (Å²) in [6.07, 6.45) is 0.459. The van der Waals surface area contributed by atoms with Gasteiger partial charge >= 0.3 is 5.97 Å². The molecular weight excluding hydrogens is 234 g/mol. The van der Waals surface area contributed by atoms with E-state index in [1.807, 2.05) is 0 Å². The van der Waals surface area contributed by atoms with Gasteiger partial charge < -0.3 is 10.1 Å². The van der Waals surface area contributed by atoms with Crippen molar-refractivity contribution in [2.75, 3.05) is 19.4 Å². The molecule has 0 fully saturated rings. The monoisotopic (exact) mass is 253 g/mol. The molecule has 1 rings (SSSR count). The highest BCUT2D eigenvalue weighted by molar-refractivity contribution is 7.99.